The monoisotopic (exact) mass is 565 g/mol. The first kappa shape index (κ1) is 27.8. The molecule has 0 bridgehead atoms. The molecule has 0 spiro atoms. The largest absolute Gasteiger partial charge is 0.360 e. The van der Waals surface area contributed by atoms with E-state index in [1.807, 2.05) is 24.9 Å². The van der Waals surface area contributed by atoms with Crippen molar-refractivity contribution in [3.05, 3.63) is 75.5 Å². The molecule has 1 amide bonds. The third-order valence-corrected chi connectivity index (χ3v) is 9.58. The van der Waals surface area contributed by atoms with E-state index in [-0.39, 0.29) is 23.7 Å². The number of amides is 1. The van der Waals surface area contributed by atoms with Crippen molar-refractivity contribution < 1.29 is 9.18 Å². The summed E-state index contributed by atoms with van der Waals surface area (Å²) in [5.74, 6) is 1.05. The molecule has 0 radical (unpaired) electrons. The first-order valence-corrected chi connectivity index (χ1v) is 15.3. The fraction of sp³-hybridized carbons (Fsp3) is 0.433. The highest BCUT2D eigenvalue weighted by atomic mass is 32.2. The summed E-state index contributed by atoms with van der Waals surface area (Å²) in [5, 5.41) is 3.16. The van der Waals surface area contributed by atoms with Crippen LogP contribution in [-0.2, 0) is 11.2 Å². The first-order chi connectivity index (χ1) is 18.9. The van der Waals surface area contributed by atoms with Crippen molar-refractivity contribution in [2.75, 3.05) is 31.6 Å². The molecule has 1 aromatic heterocycles. The number of nitrogens with zero attached hydrogens (tertiary/aromatic N) is 4. The number of nitrogens with one attached hydrogen (secondary N) is 1. The Kier molecular flexibility index (Phi) is 8.99. The van der Waals surface area contributed by atoms with Crippen LogP contribution in [0.3, 0.4) is 0 Å². The van der Waals surface area contributed by atoms with Gasteiger partial charge in [-0.05, 0) is 86.0 Å². The maximum absolute atomic E-state index is 13.8. The Morgan fingerprint density at radius 3 is 2.92 bits per heavy atom. The van der Waals surface area contributed by atoms with Gasteiger partial charge < -0.3 is 9.80 Å². The second kappa shape index (κ2) is 12.6. The summed E-state index contributed by atoms with van der Waals surface area (Å²) in [7, 11) is 2.04. The minimum Gasteiger partial charge on any atom is -0.360 e. The van der Waals surface area contributed by atoms with E-state index in [0.29, 0.717) is 13.0 Å². The number of thiazole rings is 1. The molecule has 9 heteroatoms. The highest BCUT2D eigenvalue weighted by Gasteiger charge is 2.26. The van der Waals surface area contributed by atoms with Gasteiger partial charge in [-0.15, -0.1) is 11.3 Å². The van der Waals surface area contributed by atoms with Crippen molar-refractivity contribution in [3.63, 3.8) is 0 Å². The highest BCUT2D eigenvalue weighted by Crippen LogP contribution is 2.35. The van der Waals surface area contributed by atoms with Crippen LogP contribution in [0.25, 0.3) is 0 Å². The van der Waals surface area contributed by atoms with Crippen LogP contribution in [-0.4, -0.2) is 48.3 Å². The third-order valence-electron chi connectivity index (χ3n) is 7.49. The summed E-state index contributed by atoms with van der Waals surface area (Å²) >= 11 is 3.13. The van der Waals surface area contributed by atoms with Gasteiger partial charge in [0.05, 0.1) is 18.1 Å². The van der Waals surface area contributed by atoms with Crippen molar-refractivity contribution in [3.8, 4) is 0 Å². The standard InChI is InChI=1S/C30H36FN5OS2/c1-20(30-33-21(2)19-38-30)10-13-29(37)36(18-28-32-14-15-35(28)3)24-12-11-22-6-4-9-27(26(22)17-24)34-39-25-8-5-7-23(31)16-25/h5,7-8,11-12,16-17,19-20,27,34H,4,6,9-10,13-15,18H2,1-3H3. The van der Waals surface area contributed by atoms with Gasteiger partial charge in [0.25, 0.3) is 0 Å². The summed E-state index contributed by atoms with van der Waals surface area (Å²) in [5.41, 5.74) is 4.46. The molecule has 2 aromatic carbocycles. The van der Waals surface area contributed by atoms with Crippen molar-refractivity contribution in [2.24, 2.45) is 4.99 Å². The van der Waals surface area contributed by atoms with Crippen molar-refractivity contribution >= 4 is 40.7 Å². The number of carbonyl (C=O) groups is 1. The second-order valence-corrected chi connectivity index (χ2v) is 12.3. The van der Waals surface area contributed by atoms with Gasteiger partial charge in [-0.1, -0.05) is 19.1 Å². The fourth-order valence-corrected chi connectivity index (χ4v) is 6.89. The number of rotatable bonds is 10. The molecule has 2 unspecified atom stereocenters. The molecule has 2 atom stereocenters. The molecule has 0 saturated heterocycles. The van der Waals surface area contributed by atoms with Gasteiger partial charge in [-0.2, -0.15) is 0 Å². The predicted molar refractivity (Wildman–Crippen MR) is 159 cm³/mol. The van der Waals surface area contributed by atoms with Crippen LogP contribution >= 0.6 is 23.3 Å². The Labute approximate surface area is 238 Å². The number of aryl methyl sites for hydroxylation is 2. The summed E-state index contributed by atoms with van der Waals surface area (Å²) in [4.78, 5) is 27.9. The van der Waals surface area contributed by atoms with E-state index < -0.39 is 0 Å². The average Bonchev–Trinajstić information content (AvgIpc) is 3.56. The van der Waals surface area contributed by atoms with E-state index in [4.69, 9.17) is 0 Å². The zero-order valence-electron chi connectivity index (χ0n) is 22.8. The Hall–Kier alpha value is -2.75. The van der Waals surface area contributed by atoms with E-state index in [1.54, 1.807) is 23.5 Å². The number of aromatic nitrogens is 1. The first-order valence-electron chi connectivity index (χ1n) is 13.6. The van der Waals surface area contributed by atoms with Gasteiger partial charge in [0.2, 0.25) is 5.91 Å². The quantitative estimate of drug-likeness (QED) is 0.284. The number of benzene rings is 2. The lowest BCUT2D eigenvalue weighted by molar-refractivity contribution is -0.118. The number of amidine groups is 1. The van der Waals surface area contributed by atoms with Gasteiger partial charge in [0, 0.05) is 53.6 Å². The molecule has 2 heterocycles. The average molecular weight is 566 g/mol. The summed E-state index contributed by atoms with van der Waals surface area (Å²) in [6.07, 6.45) is 4.31. The second-order valence-electron chi connectivity index (χ2n) is 10.5. The van der Waals surface area contributed by atoms with E-state index in [1.165, 1.54) is 29.1 Å². The van der Waals surface area contributed by atoms with Gasteiger partial charge in [-0.25, -0.2) is 9.37 Å². The number of hydrogen-bond donors (Lipinski definition) is 1. The highest BCUT2D eigenvalue weighted by molar-refractivity contribution is 7.97. The molecule has 1 aliphatic carbocycles. The van der Waals surface area contributed by atoms with E-state index >= 15 is 0 Å². The topological polar surface area (TPSA) is 60.8 Å². The number of aliphatic imine (C=N–C) groups is 1. The summed E-state index contributed by atoms with van der Waals surface area (Å²) in [6, 6.07) is 13.2. The van der Waals surface area contributed by atoms with Gasteiger partial charge in [-0.3, -0.25) is 14.5 Å². The van der Waals surface area contributed by atoms with Crippen LogP contribution in [0.15, 0.2) is 57.7 Å². The molecule has 1 N–H and O–H groups in total. The number of carbonyl (C=O) groups excluding carboxylic acids is 1. The summed E-state index contributed by atoms with van der Waals surface area (Å²) < 4.78 is 17.3. The van der Waals surface area contributed by atoms with Crippen LogP contribution in [0, 0.1) is 12.7 Å². The molecule has 39 heavy (non-hydrogen) atoms. The van der Waals surface area contributed by atoms with Crippen LogP contribution < -0.4 is 9.62 Å². The Morgan fingerprint density at radius 1 is 1.31 bits per heavy atom. The zero-order chi connectivity index (χ0) is 27.4. The Balaban J connectivity index is 1.35. The predicted octanol–water partition coefficient (Wildman–Crippen LogP) is 6.53. The molecule has 3 aromatic rings. The smallest absolute Gasteiger partial charge is 0.227 e. The molecule has 2 aliphatic rings. The van der Waals surface area contributed by atoms with Crippen LogP contribution in [0.1, 0.15) is 66.4 Å². The van der Waals surface area contributed by atoms with E-state index in [0.717, 1.165) is 65.9 Å². The number of fused-ring (bicyclic) bond motifs is 1. The fourth-order valence-electron chi connectivity index (χ4n) is 5.16. The SMILES string of the molecule is Cc1csc(C(C)CCC(=O)N(CC2=NCCN2C)c2ccc3c(c2)C(NSc2cccc(F)c2)CCC3)n1. The Bertz CT molecular complexity index is 1340. The Morgan fingerprint density at radius 2 is 2.18 bits per heavy atom. The van der Waals surface area contributed by atoms with Gasteiger partial charge >= 0.3 is 0 Å². The molecule has 6 nitrogen and oxygen atoms in total. The minimum atomic E-state index is -0.235. The van der Waals surface area contributed by atoms with E-state index in [2.05, 4.69) is 50.1 Å². The van der Waals surface area contributed by atoms with E-state index in [9.17, 15) is 9.18 Å². The van der Waals surface area contributed by atoms with Crippen LogP contribution in [0.2, 0.25) is 0 Å². The number of anilines is 1. The molecule has 5 rings (SSSR count). The van der Waals surface area contributed by atoms with Crippen molar-refractivity contribution in [2.45, 2.75) is 62.8 Å². The number of hydrogen-bond acceptors (Lipinski definition) is 7. The molecular weight excluding hydrogens is 529 g/mol. The lowest BCUT2D eigenvalue weighted by Gasteiger charge is -2.30. The van der Waals surface area contributed by atoms with Crippen LogP contribution in [0.4, 0.5) is 10.1 Å². The van der Waals surface area contributed by atoms with Crippen molar-refractivity contribution in [1.82, 2.24) is 14.6 Å². The lowest BCUT2D eigenvalue weighted by Crippen LogP contribution is -2.40. The molecule has 0 fully saturated rings. The van der Waals surface area contributed by atoms with Crippen LogP contribution in [0.5, 0.6) is 0 Å². The maximum atomic E-state index is 13.8. The molecule has 1 aliphatic heterocycles. The maximum Gasteiger partial charge on any atom is 0.227 e. The van der Waals surface area contributed by atoms with Gasteiger partial charge in [0.1, 0.15) is 11.7 Å². The zero-order valence-corrected chi connectivity index (χ0v) is 24.5. The molecular formula is C30H36FN5OS2. The molecule has 0 saturated carbocycles. The number of likely N-dealkylation sites (N-methyl/N-ethyl adjacent to an activating group) is 1. The van der Waals surface area contributed by atoms with Gasteiger partial charge in [0.15, 0.2) is 0 Å². The minimum absolute atomic E-state index is 0.104. The molecule has 206 valence electrons. The lowest BCUT2D eigenvalue weighted by atomic mass is 9.87. The number of halogens is 1. The van der Waals surface area contributed by atoms with Crippen molar-refractivity contribution in [1.29, 1.82) is 0 Å². The normalized spacial score (nSPS) is 17.6. The third kappa shape index (κ3) is 6.88. The summed E-state index contributed by atoms with van der Waals surface area (Å²) in [6.45, 7) is 6.27.